The van der Waals surface area contributed by atoms with Gasteiger partial charge in [-0.1, -0.05) is 11.6 Å². The van der Waals surface area contributed by atoms with E-state index in [1.165, 1.54) is 18.9 Å². The SMILES string of the molecule is COC(=O)C1(C)C(=O)N(C)c2ccc(Cl)nc21. The summed E-state index contributed by atoms with van der Waals surface area (Å²) in [5.41, 5.74) is -0.499. The maximum absolute atomic E-state index is 12.1. The number of nitrogens with zero attached hydrogens (tertiary/aromatic N) is 2. The molecule has 0 spiro atoms. The topological polar surface area (TPSA) is 59.5 Å². The summed E-state index contributed by atoms with van der Waals surface area (Å²) in [7, 11) is 2.83. The quantitative estimate of drug-likeness (QED) is 0.428. The number of hydrogen-bond acceptors (Lipinski definition) is 4. The number of carbonyl (C=O) groups excluding carboxylic acids is 2. The molecular weight excluding hydrogens is 244 g/mol. The number of hydrogen-bond donors (Lipinski definition) is 0. The Morgan fingerprint density at radius 2 is 2.18 bits per heavy atom. The van der Waals surface area contributed by atoms with Gasteiger partial charge < -0.3 is 9.64 Å². The van der Waals surface area contributed by atoms with Gasteiger partial charge in [-0.3, -0.25) is 9.59 Å². The molecule has 0 N–H and O–H groups in total. The van der Waals surface area contributed by atoms with Crippen molar-refractivity contribution in [2.24, 2.45) is 0 Å². The summed E-state index contributed by atoms with van der Waals surface area (Å²) in [6.45, 7) is 1.49. The fourth-order valence-electron chi connectivity index (χ4n) is 2.00. The van der Waals surface area contributed by atoms with Gasteiger partial charge in [0.2, 0.25) is 5.91 Å². The second-order valence-corrected chi connectivity index (χ2v) is 4.37. The standard InChI is InChI=1S/C11H11ClN2O3/c1-11(10(16)17-3)8-6(14(2)9(11)15)4-5-7(12)13-8/h4-5H,1-3H3. The molecule has 1 atom stereocenters. The number of ether oxygens (including phenoxy) is 1. The van der Waals surface area contributed by atoms with Crippen LogP contribution in [0.25, 0.3) is 0 Å². The Bertz CT molecular complexity index is 517. The van der Waals surface area contributed by atoms with E-state index >= 15 is 0 Å². The van der Waals surface area contributed by atoms with Gasteiger partial charge in [-0.05, 0) is 19.1 Å². The largest absolute Gasteiger partial charge is 0.468 e. The van der Waals surface area contributed by atoms with Gasteiger partial charge in [0.1, 0.15) is 5.15 Å². The van der Waals surface area contributed by atoms with Crippen LogP contribution in [0.4, 0.5) is 5.69 Å². The van der Waals surface area contributed by atoms with E-state index in [2.05, 4.69) is 9.72 Å². The fourth-order valence-corrected chi connectivity index (χ4v) is 2.15. The van der Waals surface area contributed by atoms with Gasteiger partial charge in [-0.2, -0.15) is 0 Å². The third-order valence-electron chi connectivity index (χ3n) is 3.00. The molecule has 0 saturated heterocycles. The molecule has 5 nitrogen and oxygen atoms in total. The highest BCUT2D eigenvalue weighted by Gasteiger charge is 2.54. The lowest BCUT2D eigenvalue weighted by Crippen LogP contribution is -2.43. The first kappa shape index (κ1) is 11.9. The molecule has 1 aliphatic rings. The lowest BCUT2D eigenvalue weighted by molar-refractivity contribution is -0.150. The van der Waals surface area contributed by atoms with Crippen LogP contribution in [-0.4, -0.2) is 31.0 Å². The molecule has 2 rings (SSSR count). The normalized spacial score (nSPS) is 22.6. The van der Waals surface area contributed by atoms with Crippen molar-refractivity contribution in [3.63, 3.8) is 0 Å². The molecule has 0 aliphatic carbocycles. The van der Waals surface area contributed by atoms with Crippen LogP contribution in [0.3, 0.4) is 0 Å². The first-order chi connectivity index (χ1) is 7.92. The van der Waals surface area contributed by atoms with Gasteiger partial charge >= 0.3 is 5.97 Å². The summed E-state index contributed by atoms with van der Waals surface area (Å²) < 4.78 is 4.68. The minimum Gasteiger partial charge on any atom is -0.468 e. The molecular formula is C11H11ClN2O3. The highest BCUT2D eigenvalue weighted by Crippen LogP contribution is 2.40. The molecule has 0 aromatic carbocycles. The van der Waals surface area contributed by atoms with Crippen molar-refractivity contribution in [1.82, 2.24) is 4.98 Å². The number of carbonyl (C=O) groups is 2. The average molecular weight is 255 g/mol. The van der Waals surface area contributed by atoms with Crippen LogP contribution in [0.5, 0.6) is 0 Å². The third kappa shape index (κ3) is 1.42. The van der Waals surface area contributed by atoms with E-state index in [0.29, 0.717) is 11.4 Å². The third-order valence-corrected chi connectivity index (χ3v) is 3.21. The molecule has 0 bridgehead atoms. The Morgan fingerprint density at radius 1 is 1.53 bits per heavy atom. The summed E-state index contributed by atoms with van der Waals surface area (Å²) in [4.78, 5) is 29.4. The summed E-state index contributed by atoms with van der Waals surface area (Å²) >= 11 is 5.80. The number of likely N-dealkylation sites (N-methyl/N-ethyl adjacent to an activating group) is 1. The van der Waals surface area contributed by atoms with E-state index in [-0.39, 0.29) is 11.1 Å². The van der Waals surface area contributed by atoms with E-state index < -0.39 is 11.4 Å². The Kier molecular flexibility index (Phi) is 2.58. The van der Waals surface area contributed by atoms with Crippen molar-refractivity contribution in [3.05, 3.63) is 23.0 Å². The van der Waals surface area contributed by atoms with Crippen LogP contribution in [0.15, 0.2) is 12.1 Å². The van der Waals surface area contributed by atoms with Gasteiger partial charge in [-0.15, -0.1) is 0 Å². The zero-order valence-electron chi connectivity index (χ0n) is 9.65. The zero-order valence-corrected chi connectivity index (χ0v) is 10.4. The van der Waals surface area contributed by atoms with Crippen LogP contribution in [0.2, 0.25) is 5.15 Å². The molecule has 90 valence electrons. The molecule has 0 fully saturated rings. The molecule has 1 aromatic rings. The Morgan fingerprint density at radius 3 is 2.76 bits per heavy atom. The van der Waals surface area contributed by atoms with Crippen molar-refractivity contribution in [2.75, 3.05) is 19.1 Å². The molecule has 0 saturated carbocycles. The molecule has 6 heteroatoms. The van der Waals surface area contributed by atoms with Gasteiger partial charge in [0.25, 0.3) is 0 Å². The number of amides is 1. The number of fused-ring (bicyclic) bond motifs is 1. The summed E-state index contributed by atoms with van der Waals surface area (Å²) in [5.74, 6) is -1.00. The van der Waals surface area contributed by atoms with Gasteiger partial charge in [0, 0.05) is 7.05 Å². The van der Waals surface area contributed by atoms with E-state index in [4.69, 9.17) is 11.6 Å². The zero-order chi connectivity index (χ0) is 12.8. The van der Waals surface area contributed by atoms with Crippen molar-refractivity contribution < 1.29 is 14.3 Å². The van der Waals surface area contributed by atoms with Gasteiger partial charge in [-0.25, -0.2) is 4.98 Å². The maximum Gasteiger partial charge on any atom is 0.327 e. The first-order valence-corrected chi connectivity index (χ1v) is 5.34. The lowest BCUT2D eigenvalue weighted by Gasteiger charge is -2.18. The van der Waals surface area contributed by atoms with Crippen molar-refractivity contribution >= 4 is 29.2 Å². The van der Waals surface area contributed by atoms with E-state index in [1.54, 1.807) is 19.2 Å². The number of rotatable bonds is 1. The predicted octanol–water partition coefficient (Wildman–Crippen LogP) is 1.14. The smallest absolute Gasteiger partial charge is 0.327 e. The maximum atomic E-state index is 12.1. The Labute approximate surface area is 103 Å². The Balaban J connectivity index is 2.69. The number of halogens is 1. The first-order valence-electron chi connectivity index (χ1n) is 4.96. The summed E-state index contributed by atoms with van der Waals surface area (Å²) in [5, 5.41) is 0.238. The van der Waals surface area contributed by atoms with Crippen LogP contribution in [-0.2, 0) is 19.7 Å². The summed E-state index contributed by atoms with van der Waals surface area (Å²) in [6, 6.07) is 3.24. The summed E-state index contributed by atoms with van der Waals surface area (Å²) in [6.07, 6.45) is 0. The average Bonchev–Trinajstić information content (AvgIpc) is 2.51. The number of methoxy groups -OCH3 is 1. The molecule has 1 unspecified atom stereocenters. The Hall–Kier alpha value is -1.62. The number of aromatic nitrogens is 1. The second-order valence-electron chi connectivity index (χ2n) is 3.98. The monoisotopic (exact) mass is 254 g/mol. The van der Waals surface area contributed by atoms with Crippen LogP contribution >= 0.6 is 11.6 Å². The van der Waals surface area contributed by atoms with Crippen LogP contribution in [0, 0.1) is 0 Å². The number of anilines is 1. The number of esters is 1. The fraction of sp³-hybridized carbons (Fsp3) is 0.364. The van der Waals surface area contributed by atoms with Crippen molar-refractivity contribution in [2.45, 2.75) is 12.3 Å². The predicted molar refractivity (Wildman–Crippen MR) is 62.0 cm³/mol. The molecule has 2 heterocycles. The van der Waals surface area contributed by atoms with Crippen LogP contribution < -0.4 is 4.90 Å². The van der Waals surface area contributed by atoms with E-state index in [0.717, 1.165) is 0 Å². The van der Waals surface area contributed by atoms with Crippen molar-refractivity contribution in [3.8, 4) is 0 Å². The molecule has 1 amide bonds. The van der Waals surface area contributed by atoms with E-state index in [1.807, 2.05) is 0 Å². The minimum absolute atomic E-state index is 0.238. The molecule has 17 heavy (non-hydrogen) atoms. The highest BCUT2D eigenvalue weighted by molar-refractivity contribution is 6.30. The lowest BCUT2D eigenvalue weighted by atomic mass is 9.87. The van der Waals surface area contributed by atoms with Gasteiger partial charge in [0.15, 0.2) is 5.41 Å². The number of pyridine rings is 1. The molecule has 1 aromatic heterocycles. The highest BCUT2D eigenvalue weighted by atomic mass is 35.5. The minimum atomic E-state index is -1.41. The van der Waals surface area contributed by atoms with Gasteiger partial charge in [0.05, 0.1) is 18.5 Å². The van der Waals surface area contributed by atoms with Crippen LogP contribution in [0.1, 0.15) is 12.6 Å². The van der Waals surface area contributed by atoms with Crippen molar-refractivity contribution in [1.29, 1.82) is 0 Å². The second kappa shape index (κ2) is 3.70. The molecule has 1 aliphatic heterocycles. The van der Waals surface area contributed by atoms with E-state index in [9.17, 15) is 9.59 Å². The molecule has 0 radical (unpaired) electrons.